The highest BCUT2D eigenvalue weighted by Crippen LogP contribution is 2.29. The number of carbonyl (C=O) groups excluding carboxylic acids is 2. The van der Waals surface area contributed by atoms with E-state index in [-0.39, 0.29) is 0 Å². The Morgan fingerprint density at radius 1 is 1.16 bits per heavy atom. The molecule has 1 amide bonds. The number of benzene rings is 2. The van der Waals surface area contributed by atoms with Gasteiger partial charge in [-0.25, -0.2) is 4.79 Å². The minimum atomic E-state index is -0.985. The Bertz CT molecular complexity index is 1160. The smallest absolute Gasteiger partial charge is 0.339 e. The molecule has 32 heavy (non-hydrogen) atoms. The highest BCUT2D eigenvalue weighted by atomic mass is 16.5. The predicted octanol–water partition coefficient (Wildman–Crippen LogP) is 3.81. The molecule has 0 saturated heterocycles. The van der Waals surface area contributed by atoms with Gasteiger partial charge in [0.05, 0.1) is 23.4 Å². The van der Waals surface area contributed by atoms with E-state index in [0.717, 1.165) is 35.1 Å². The molecule has 0 aliphatic carbocycles. The van der Waals surface area contributed by atoms with Gasteiger partial charge in [0.1, 0.15) is 5.75 Å². The molecule has 3 aromatic rings. The standard InChI is InChI=1S/C25H27N3O4/c1-4-31-22-12-8-7-11-21(22)27-24(29)16(2)32-25(30)23-17-9-5-6-10-19(17)26-20-13-14-28(3)15-18(20)23/h5-12,16H,4,13-15H2,1-3H3,(H,27,29). The van der Waals surface area contributed by atoms with Crippen LogP contribution in [-0.4, -0.2) is 48.1 Å². The largest absolute Gasteiger partial charge is 0.492 e. The summed E-state index contributed by atoms with van der Waals surface area (Å²) in [4.78, 5) is 33.0. The number of aromatic nitrogens is 1. The molecule has 1 N–H and O–H groups in total. The first-order valence-corrected chi connectivity index (χ1v) is 10.8. The van der Waals surface area contributed by atoms with Gasteiger partial charge in [0, 0.05) is 36.2 Å². The zero-order valence-electron chi connectivity index (χ0n) is 18.6. The highest BCUT2D eigenvalue weighted by Gasteiger charge is 2.28. The fourth-order valence-electron chi connectivity index (χ4n) is 3.92. The monoisotopic (exact) mass is 433 g/mol. The molecule has 0 fully saturated rings. The minimum absolute atomic E-state index is 0.421. The summed E-state index contributed by atoms with van der Waals surface area (Å²) in [5.74, 6) is -0.371. The number of nitrogens with zero attached hydrogens (tertiary/aromatic N) is 2. The fourth-order valence-corrected chi connectivity index (χ4v) is 3.92. The van der Waals surface area contributed by atoms with E-state index in [1.165, 1.54) is 0 Å². The summed E-state index contributed by atoms with van der Waals surface area (Å²) >= 11 is 0. The number of anilines is 1. The number of pyridine rings is 1. The zero-order valence-corrected chi connectivity index (χ0v) is 18.6. The van der Waals surface area contributed by atoms with Gasteiger partial charge < -0.3 is 19.7 Å². The summed E-state index contributed by atoms with van der Waals surface area (Å²) < 4.78 is 11.2. The number of para-hydroxylation sites is 3. The second-order valence-electron chi connectivity index (χ2n) is 7.88. The average molecular weight is 434 g/mol. The van der Waals surface area contributed by atoms with E-state index in [2.05, 4.69) is 10.2 Å². The summed E-state index contributed by atoms with van der Waals surface area (Å²) in [6, 6.07) is 14.7. The van der Waals surface area contributed by atoms with Crippen molar-refractivity contribution in [2.24, 2.45) is 0 Å². The van der Waals surface area contributed by atoms with E-state index in [4.69, 9.17) is 14.5 Å². The van der Waals surface area contributed by atoms with Gasteiger partial charge in [0.25, 0.3) is 5.91 Å². The topological polar surface area (TPSA) is 80.8 Å². The molecule has 7 nitrogen and oxygen atoms in total. The number of ether oxygens (including phenoxy) is 2. The molecular weight excluding hydrogens is 406 g/mol. The maximum Gasteiger partial charge on any atom is 0.339 e. The SMILES string of the molecule is CCOc1ccccc1NC(=O)C(C)OC(=O)c1c2c(nc3ccccc13)CCN(C)C2. The number of hydrogen-bond donors (Lipinski definition) is 1. The highest BCUT2D eigenvalue weighted by molar-refractivity contribution is 6.06. The Morgan fingerprint density at radius 3 is 2.72 bits per heavy atom. The van der Waals surface area contributed by atoms with Gasteiger partial charge in [-0.1, -0.05) is 30.3 Å². The van der Waals surface area contributed by atoms with Crippen LogP contribution in [0.25, 0.3) is 10.9 Å². The van der Waals surface area contributed by atoms with Crippen LogP contribution in [0.15, 0.2) is 48.5 Å². The molecular formula is C25H27N3O4. The number of amides is 1. The summed E-state index contributed by atoms with van der Waals surface area (Å²) in [6.07, 6.45) is -0.220. The first-order chi connectivity index (χ1) is 15.5. The lowest BCUT2D eigenvalue weighted by molar-refractivity contribution is -0.123. The van der Waals surface area contributed by atoms with E-state index in [1.807, 2.05) is 44.3 Å². The second-order valence-corrected chi connectivity index (χ2v) is 7.88. The normalized spacial score (nSPS) is 14.5. The van der Waals surface area contributed by atoms with Crippen molar-refractivity contribution in [3.63, 3.8) is 0 Å². The van der Waals surface area contributed by atoms with Crippen molar-refractivity contribution in [1.29, 1.82) is 0 Å². The van der Waals surface area contributed by atoms with Gasteiger partial charge >= 0.3 is 5.97 Å². The van der Waals surface area contributed by atoms with Gasteiger partial charge in [-0.2, -0.15) is 0 Å². The lowest BCUT2D eigenvalue weighted by atomic mass is 9.96. The minimum Gasteiger partial charge on any atom is -0.492 e. The molecule has 7 heteroatoms. The second kappa shape index (κ2) is 9.36. The maximum atomic E-state index is 13.3. The van der Waals surface area contributed by atoms with Crippen LogP contribution in [0.2, 0.25) is 0 Å². The molecule has 166 valence electrons. The number of likely N-dealkylation sites (N-methyl/N-ethyl adjacent to an activating group) is 1. The molecule has 0 spiro atoms. The number of fused-ring (bicyclic) bond motifs is 2. The maximum absolute atomic E-state index is 13.3. The third-order valence-corrected chi connectivity index (χ3v) is 5.54. The Balaban J connectivity index is 1.59. The predicted molar refractivity (Wildman–Crippen MR) is 123 cm³/mol. The zero-order chi connectivity index (χ0) is 22.7. The van der Waals surface area contributed by atoms with Crippen LogP contribution in [0.5, 0.6) is 5.75 Å². The first kappa shape index (κ1) is 21.8. The Labute approximate surface area is 187 Å². The summed E-state index contributed by atoms with van der Waals surface area (Å²) in [5.41, 5.74) is 3.57. The summed E-state index contributed by atoms with van der Waals surface area (Å²) in [7, 11) is 2.01. The van der Waals surface area contributed by atoms with E-state index >= 15 is 0 Å². The molecule has 0 bridgehead atoms. The van der Waals surface area contributed by atoms with Crippen LogP contribution < -0.4 is 10.1 Å². The van der Waals surface area contributed by atoms with Gasteiger partial charge in [-0.15, -0.1) is 0 Å². The van der Waals surface area contributed by atoms with Crippen LogP contribution in [-0.2, 0) is 22.5 Å². The van der Waals surface area contributed by atoms with Gasteiger partial charge in [-0.3, -0.25) is 9.78 Å². The van der Waals surface area contributed by atoms with Crippen molar-refractivity contribution in [1.82, 2.24) is 9.88 Å². The lowest BCUT2D eigenvalue weighted by Crippen LogP contribution is -2.32. The summed E-state index contributed by atoms with van der Waals surface area (Å²) in [6.45, 7) is 5.41. The van der Waals surface area contributed by atoms with Gasteiger partial charge in [0.2, 0.25) is 0 Å². The van der Waals surface area contributed by atoms with E-state index in [0.29, 0.717) is 30.2 Å². The number of hydrogen-bond acceptors (Lipinski definition) is 6. The third kappa shape index (κ3) is 4.43. The summed E-state index contributed by atoms with van der Waals surface area (Å²) in [5, 5.41) is 3.53. The molecule has 4 rings (SSSR count). The Hall–Kier alpha value is -3.45. The van der Waals surface area contributed by atoms with Crippen molar-refractivity contribution < 1.29 is 19.1 Å². The molecule has 2 heterocycles. The van der Waals surface area contributed by atoms with Crippen LogP contribution in [0.3, 0.4) is 0 Å². The first-order valence-electron chi connectivity index (χ1n) is 10.8. The molecule has 0 saturated carbocycles. The van der Waals surface area contributed by atoms with Crippen LogP contribution in [0.1, 0.15) is 35.5 Å². The Morgan fingerprint density at radius 2 is 1.91 bits per heavy atom. The number of esters is 1. The molecule has 1 aromatic heterocycles. The fraction of sp³-hybridized carbons (Fsp3) is 0.320. The Kier molecular flexibility index (Phi) is 6.37. The van der Waals surface area contributed by atoms with E-state index < -0.39 is 18.0 Å². The van der Waals surface area contributed by atoms with Crippen molar-refractivity contribution in [3.8, 4) is 5.75 Å². The molecule has 1 aliphatic heterocycles. The molecule has 0 radical (unpaired) electrons. The van der Waals surface area contributed by atoms with Gasteiger partial charge in [-0.05, 0) is 39.1 Å². The van der Waals surface area contributed by atoms with Crippen LogP contribution in [0.4, 0.5) is 5.69 Å². The number of nitrogens with one attached hydrogen (secondary N) is 1. The van der Waals surface area contributed by atoms with E-state index in [1.54, 1.807) is 25.1 Å². The number of carbonyl (C=O) groups is 2. The van der Waals surface area contributed by atoms with Crippen molar-refractivity contribution >= 4 is 28.5 Å². The molecule has 1 atom stereocenters. The van der Waals surface area contributed by atoms with E-state index in [9.17, 15) is 9.59 Å². The number of rotatable bonds is 6. The quantitative estimate of drug-likeness (QED) is 0.596. The van der Waals surface area contributed by atoms with Crippen LogP contribution >= 0.6 is 0 Å². The molecule has 2 aromatic carbocycles. The van der Waals surface area contributed by atoms with Crippen LogP contribution in [0, 0.1) is 0 Å². The molecule has 1 aliphatic rings. The molecule has 1 unspecified atom stereocenters. The van der Waals surface area contributed by atoms with Crippen molar-refractivity contribution in [2.75, 3.05) is 25.5 Å². The van der Waals surface area contributed by atoms with Crippen molar-refractivity contribution in [2.45, 2.75) is 32.9 Å². The average Bonchev–Trinajstić information content (AvgIpc) is 2.78. The third-order valence-electron chi connectivity index (χ3n) is 5.54. The lowest BCUT2D eigenvalue weighted by Gasteiger charge is -2.27. The van der Waals surface area contributed by atoms with Gasteiger partial charge in [0.15, 0.2) is 6.10 Å². The van der Waals surface area contributed by atoms with Crippen molar-refractivity contribution in [3.05, 3.63) is 65.4 Å².